The molecule has 0 heterocycles. The van der Waals surface area contributed by atoms with Crippen LogP contribution in [0.2, 0.25) is 0 Å². The summed E-state index contributed by atoms with van der Waals surface area (Å²) in [4.78, 5) is 12.1. The van der Waals surface area contributed by atoms with Gasteiger partial charge in [0.1, 0.15) is 0 Å². The normalized spacial score (nSPS) is 13.8. The molecule has 4 aromatic carbocycles. The summed E-state index contributed by atoms with van der Waals surface area (Å²) in [7, 11) is -2.92. The van der Waals surface area contributed by atoms with Crippen molar-refractivity contribution in [1.29, 1.82) is 0 Å². The monoisotopic (exact) mass is 560 g/mol. The van der Waals surface area contributed by atoms with Crippen LogP contribution in [0, 0.1) is 0 Å². The molecule has 7 nitrogen and oxygen atoms in total. The predicted octanol–water partition coefficient (Wildman–Crippen LogP) is 7.37. The molecule has 0 fully saturated rings. The fourth-order valence-corrected chi connectivity index (χ4v) is 4.85. The van der Waals surface area contributed by atoms with Crippen molar-refractivity contribution in [3.8, 4) is 0 Å². The van der Waals surface area contributed by atoms with E-state index >= 15 is 0 Å². The van der Waals surface area contributed by atoms with E-state index in [1.807, 2.05) is 121 Å². The van der Waals surface area contributed by atoms with Gasteiger partial charge in [0.15, 0.2) is 12.6 Å². The van der Waals surface area contributed by atoms with Gasteiger partial charge in [-0.1, -0.05) is 121 Å². The first-order valence-corrected chi connectivity index (χ1v) is 14.6. The van der Waals surface area contributed by atoms with E-state index < -0.39 is 20.8 Å². The van der Waals surface area contributed by atoms with Crippen LogP contribution in [-0.2, 0) is 49.5 Å². The Labute approximate surface area is 237 Å². The highest BCUT2D eigenvalue weighted by Crippen LogP contribution is 2.30. The maximum Gasteiger partial charge on any atom is 0.323 e. The lowest BCUT2D eigenvalue weighted by Crippen LogP contribution is -2.29. The van der Waals surface area contributed by atoms with Crippen LogP contribution in [0.3, 0.4) is 0 Å². The van der Waals surface area contributed by atoms with E-state index in [1.54, 1.807) is 24.0 Å². The number of benzene rings is 4. The second kappa shape index (κ2) is 16.2. The molecule has 0 saturated carbocycles. The summed E-state index contributed by atoms with van der Waals surface area (Å²) in [5.74, 6) is 0. The standard InChI is InChI=1S/C32H37N2O5P/c1-27(36-33(23-29-15-7-3-8-16-29)24-30-17-9-4-10-18-30)38-40(35)39-28(2)37-34(25-31-19-11-5-12-20-31)26-32-21-13-6-14-22-32/h3-22,27-28,40H,23-26H2,1-2H3. The van der Waals surface area contributed by atoms with E-state index in [2.05, 4.69) is 0 Å². The minimum atomic E-state index is -2.92. The van der Waals surface area contributed by atoms with Gasteiger partial charge in [0.25, 0.3) is 0 Å². The number of hydrogen-bond donors (Lipinski definition) is 0. The van der Waals surface area contributed by atoms with Crippen molar-refractivity contribution in [1.82, 2.24) is 10.1 Å². The zero-order valence-electron chi connectivity index (χ0n) is 23.0. The van der Waals surface area contributed by atoms with Gasteiger partial charge >= 0.3 is 8.25 Å². The molecule has 0 bridgehead atoms. The van der Waals surface area contributed by atoms with Crippen LogP contribution in [0.4, 0.5) is 0 Å². The minimum Gasteiger partial charge on any atom is -0.279 e. The largest absolute Gasteiger partial charge is 0.323 e. The maximum absolute atomic E-state index is 12.8. The first-order valence-electron chi connectivity index (χ1n) is 13.4. The highest BCUT2D eigenvalue weighted by Gasteiger charge is 2.19. The number of hydrogen-bond acceptors (Lipinski definition) is 7. The van der Waals surface area contributed by atoms with Gasteiger partial charge in [0.05, 0.1) is 0 Å². The van der Waals surface area contributed by atoms with E-state index in [9.17, 15) is 4.57 Å². The van der Waals surface area contributed by atoms with Gasteiger partial charge < -0.3 is 0 Å². The summed E-state index contributed by atoms with van der Waals surface area (Å²) in [6.45, 7) is 5.57. The molecule has 0 aromatic heterocycles. The Morgan fingerprint density at radius 3 is 1.00 bits per heavy atom. The van der Waals surface area contributed by atoms with Crippen molar-refractivity contribution >= 4 is 8.25 Å². The Bertz CT molecular complexity index is 1080. The van der Waals surface area contributed by atoms with Crippen LogP contribution in [-0.4, -0.2) is 22.7 Å². The van der Waals surface area contributed by atoms with Gasteiger partial charge in [-0.25, -0.2) is 0 Å². The van der Waals surface area contributed by atoms with Gasteiger partial charge in [-0.05, 0) is 36.1 Å². The van der Waals surface area contributed by atoms with E-state index in [1.165, 1.54) is 0 Å². The number of hydroxylamine groups is 4. The molecule has 8 heteroatoms. The lowest BCUT2D eigenvalue weighted by atomic mass is 10.2. The molecule has 2 unspecified atom stereocenters. The summed E-state index contributed by atoms with van der Waals surface area (Å²) >= 11 is 0. The highest BCUT2D eigenvalue weighted by atomic mass is 31.1. The average Bonchev–Trinajstić information content (AvgIpc) is 2.95. The zero-order valence-corrected chi connectivity index (χ0v) is 24.0. The topological polar surface area (TPSA) is 60.5 Å². The smallest absolute Gasteiger partial charge is 0.279 e. The lowest BCUT2D eigenvalue weighted by molar-refractivity contribution is -0.271. The van der Waals surface area contributed by atoms with Crippen molar-refractivity contribution in [2.75, 3.05) is 0 Å². The summed E-state index contributed by atoms with van der Waals surface area (Å²) in [6.07, 6.45) is -1.59. The van der Waals surface area contributed by atoms with Crippen LogP contribution in [0.1, 0.15) is 36.1 Å². The Balaban J connectivity index is 1.31. The molecule has 0 spiro atoms. The molecule has 0 aliphatic carbocycles. The van der Waals surface area contributed by atoms with Crippen molar-refractivity contribution in [3.63, 3.8) is 0 Å². The fraction of sp³-hybridized carbons (Fsp3) is 0.250. The van der Waals surface area contributed by atoms with Crippen LogP contribution in [0.15, 0.2) is 121 Å². The van der Waals surface area contributed by atoms with Gasteiger partial charge in [0, 0.05) is 26.2 Å². The quantitative estimate of drug-likeness (QED) is 0.0806. The van der Waals surface area contributed by atoms with Crippen LogP contribution < -0.4 is 0 Å². The summed E-state index contributed by atoms with van der Waals surface area (Å²) in [5.41, 5.74) is 4.36. The second-order valence-electron chi connectivity index (χ2n) is 9.37. The van der Waals surface area contributed by atoms with Crippen molar-refractivity contribution in [2.24, 2.45) is 0 Å². The molecule has 0 radical (unpaired) electrons. The van der Waals surface area contributed by atoms with Crippen molar-refractivity contribution < 1.29 is 23.3 Å². The van der Waals surface area contributed by atoms with E-state index in [4.69, 9.17) is 18.7 Å². The Kier molecular flexibility index (Phi) is 12.1. The van der Waals surface area contributed by atoms with Crippen LogP contribution >= 0.6 is 8.25 Å². The molecular formula is C32H37N2O5P. The van der Waals surface area contributed by atoms with Gasteiger partial charge in [0.2, 0.25) is 0 Å². The third kappa shape index (κ3) is 10.8. The Morgan fingerprint density at radius 2 is 0.750 bits per heavy atom. The van der Waals surface area contributed by atoms with Gasteiger partial charge in [-0.15, -0.1) is 0 Å². The van der Waals surface area contributed by atoms with Crippen molar-refractivity contribution in [2.45, 2.75) is 52.6 Å². The first kappa shape index (κ1) is 29.8. The van der Waals surface area contributed by atoms with Gasteiger partial charge in [-0.2, -0.15) is 10.1 Å². The molecule has 210 valence electrons. The molecule has 0 aliphatic heterocycles. The summed E-state index contributed by atoms with van der Waals surface area (Å²) < 4.78 is 24.0. The lowest BCUT2D eigenvalue weighted by Gasteiger charge is -2.27. The Hall–Kier alpha value is -3.13. The van der Waals surface area contributed by atoms with Crippen LogP contribution in [0.5, 0.6) is 0 Å². The summed E-state index contributed by atoms with van der Waals surface area (Å²) in [5, 5.41) is 3.59. The number of rotatable bonds is 16. The molecular weight excluding hydrogens is 523 g/mol. The van der Waals surface area contributed by atoms with Crippen LogP contribution in [0.25, 0.3) is 0 Å². The second-order valence-corrected chi connectivity index (χ2v) is 10.3. The summed E-state index contributed by atoms with van der Waals surface area (Å²) in [6, 6.07) is 40.1. The molecule has 2 atom stereocenters. The molecule has 4 rings (SSSR count). The van der Waals surface area contributed by atoms with E-state index in [-0.39, 0.29) is 0 Å². The molecule has 0 N–H and O–H groups in total. The molecule has 40 heavy (non-hydrogen) atoms. The molecule has 0 saturated heterocycles. The minimum absolute atomic E-state index is 0.540. The molecule has 4 aromatic rings. The predicted molar refractivity (Wildman–Crippen MR) is 157 cm³/mol. The zero-order chi connectivity index (χ0) is 28.0. The highest BCUT2D eigenvalue weighted by molar-refractivity contribution is 7.33. The fourth-order valence-electron chi connectivity index (χ4n) is 4.17. The third-order valence-corrected chi connectivity index (χ3v) is 6.98. The molecule has 0 aliphatic rings. The number of nitrogens with zero attached hydrogens (tertiary/aromatic N) is 2. The SMILES string of the molecule is CC(ON(Cc1ccccc1)Cc1ccccc1)O[PH](=O)OC(C)ON(Cc1ccccc1)Cc1ccccc1. The molecule has 0 amide bonds. The van der Waals surface area contributed by atoms with Gasteiger partial charge in [-0.3, -0.25) is 23.3 Å². The Morgan fingerprint density at radius 1 is 0.500 bits per heavy atom. The maximum atomic E-state index is 12.8. The van der Waals surface area contributed by atoms with E-state index in [0.29, 0.717) is 26.2 Å². The third-order valence-electron chi connectivity index (χ3n) is 5.93. The average molecular weight is 561 g/mol. The van der Waals surface area contributed by atoms with Crippen molar-refractivity contribution in [3.05, 3.63) is 144 Å². The first-order chi connectivity index (χ1) is 19.5. The van der Waals surface area contributed by atoms with E-state index in [0.717, 1.165) is 22.3 Å².